The number of hydrogen-bond donors (Lipinski definition) is 2. The molecule has 3 rings (SSSR count). The van der Waals surface area contributed by atoms with Crippen LogP contribution in [0.15, 0.2) is 47.4 Å². The molecule has 1 atom stereocenters. The summed E-state index contributed by atoms with van der Waals surface area (Å²) in [5, 5.41) is 0. The lowest BCUT2D eigenvalue weighted by atomic mass is 9.92. The van der Waals surface area contributed by atoms with Gasteiger partial charge in [-0.3, -0.25) is 10.2 Å². The van der Waals surface area contributed by atoms with E-state index in [0.717, 1.165) is 36.8 Å². The van der Waals surface area contributed by atoms with Gasteiger partial charge in [-0.05, 0) is 68.0 Å². The van der Waals surface area contributed by atoms with Gasteiger partial charge >= 0.3 is 0 Å². The first-order chi connectivity index (χ1) is 12.9. The van der Waals surface area contributed by atoms with Gasteiger partial charge in [-0.15, -0.1) is 4.83 Å². The Morgan fingerprint density at radius 1 is 1.11 bits per heavy atom. The molecule has 8 heteroatoms. The Labute approximate surface area is 157 Å². The van der Waals surface area contributed by atoms with Gasteiger partial charge in [0.1, 0.15) is 0 Å². The zero-order valence-electron chi connectivity index (χ0n) is 14.9. The fourth-order valence-electron chi connectivity index (χ4n) is 2.94. The topological polar surface area (TPSA) is 84.5 Å². The van der Waals surface area contributed by atoms with Crippen molar-refractivity contribution in [1.82, 2.24) is 10.3 Å². The summed E-state index contributed by atoms with van der Waals surface area (Å²) < 4.78 is 43.7. The first-order valence-corrected chi connectivity index (χ1v) is 10.2. The summed E-state index contributed by atoms with van der Waals surface area (Å²) in [6.07, 6.45) is 2.84. The van der Waals surface area contributed by atoms with Crippen molar-refractivity contribution in [2.24, 2.45) is 0 Å². The summed E-state index contributed by atoms with van der Waals surface area (Å²) in [6.45, 7) is 1.40. The summed E-state index contributed by atoms with van der Waals surface area (Å²) in [7, 11) is -3.91. The second-order valence-corrected chi connectivity index (χ2v) is 8.11. The molecule has 2 aromatic carbocycles. The molecule has 0 unspecified atom stereocenters. The van der Waals surface area contributed by atoms with Gasteiger partial charge in [0.25, 0.3) is 15.9 Å². The monoisotopic (exact) mass is 392 g/mol. The highest BCUT2D eigenvalue weighted by atomic mass is 32.2. The summed E-state index contributed by atoms with van der Waals surface area (Å²) in [6, 6.07) is 10.6. The lowest BCUT2D eigenvalue weighted by Gasteiger charge is -2.18. The van der Waals surface area contributed by atoms with Gasteiger partial charge in [0.15, 0.2) is 17.7 Å². The second-order valence-electron chi connectivity index (χ2n) is 6.42. The molecule has 0 radical (unpaired) electrons. The number of amides is 1. The third-order valence-corrected chi connectivity index (χ3v) is 5.69. The molecular weight excluding hydrogens is 371 g/mol. The number of para-hydroxylation sites is 1. The van der Waals surface area contributed by atoms with Gasteiger partial charge in [-0.1, -0.05) is 18.2 Å². The molecule has 0 spiro atoms. The molecule has 6 nitrogen and oxygen atoms in total. The molecule has 2 N–H and O–H groups in total. The second kappa shape index (κ2) is 8.06. The number of hydrazine groups is 1. The standard InChI is InChI=1S/C19H21FN2O4S/c1-13(26-18-9-5-4-8-17(18)20)19(23)21-22-27(24,25)16-11-10-14-6-2-3-7-15(14)12-16/h4-5,8-13,22H,2-3,6-7H2,1H3,(H,21,23)/t13-/m1/s1. The van der Waals surface area contributed by atoms with Crippen molar-refractivity contribution in [2.75, 3.05) is 0 Å². The van der Waals surface area contributed by atoms with Gasteiger partial charge in [0.05, 0.1) is 4.90 Å². The first kappa shape index (κ1) is 19.3. The average molecular weight is 392 g/mol. The van der Waals surface area contributed by atoms with Crippen LogP contribution in [0.3, 0.4) is 0 Å². The molecule has 1 aliphatic rings. The van der Waals surface area contributed by atoms with Gasteiger partial charge in [0, 0.05) is 0 Å². The molecular formula is C19H21FN2O4S. The van der Waals surface area contributed by atoms with Gasteiger partial charge in [0.2, 0.25) is 0 Å². The minimum absolute atomic E-state index is 0.0855. The van der Waals surface area contributed by atoms with E-state index in [4.69, 9.17) is 4.74 Å². The number of carbonyl (C=O) groups excluding carboxylic acids is 1. The van der Waals surface area contributed by atoms with E-state index in [9.17, 15) is 17.6 Å². The van der Waals surface area contributed by atoms with Gasteiger partial charge in [-0.25, -0.2) is 12.8 Å². The Morgan fingerprint density at radius 3 is 2.56 bits per heavy atom. The predicted molar refractivity (Wildman–Crippen MR) is 98.0 cm³/mol. The number of fused-ring (bicyclic) bond motifs is 1. The van der Waals surface area contributed by atoms with Crippen molar-refractivity contribution in [3.8, 4) is 5.75 Å². The largest absolute Gasteiger partial charge is 0.478 e. The van der Waals surface area contributed by atoms with Crippen molar-refractivity contribution in [3.05, 3.63) is 59.4 Å². The Balaban J connectivity index is 1.63. The number of sulfonamides is 1. The Morgan fingerprint density at radius 2 is 1.81 bits per heavy atom. The smallest absolute Gasteiger partial charge is 0.275 e. The lowest BCUT2D eigenvalue weighted by Crippen LogP contribution is -2.47. The normalized spacial score (nSPS) is 14.9. The Hall–Kier alpha value is -2.45. The van der Waals surface area contributed by atoms with Crippen LogP contribution in [0.2, 0.25) is 0 Å². The number of benzene rings is 2. The molecule has 144 valence electrons. The molecule has 0 saturated carbocycles. The summed E-state index contributed by atoms with van der Waals surface area (Å²) >= 11 is 0. The SMILES string of the molecule is C[C@@H](Oc1ccccc1F)C(=O)NNS(=O)(=O)c1ccc2c(c1)CCCC2. The van der Waals surface area contributed by atoms with E-state index in [1.165, 1.54) is 31.2 Å². The molecule has 1 aliphatic carbocycles. The van der Waals surface area contributed by atoms with Crippen molar-refractivity contribution in [1.29, 1.82) is 0 Å². The number of aryl methyl sites for hydroxylation is 2. The molecule has 1 amide bonds. The fourth-order valence-corrected chi connectivity index (χ4v) is 3.84. The highest BCUT2D eigenvalue weighted by Gasteiger charge is 2.21. The number of carbonyl (C=O) groups is 1. The number of hydrogen-bond acceptors (Lipinski definition) is 4. The summed E-state index contributed by atoms with van der Waals surface area (Å²) in [4.78, 5) is 14.2. The van der Waals surface area contributed by atoms with Crippen LogP contribution >= 0.6 is 0 Å². The van der Waals surface area contributed by atoms with Crippen LogP contribution in [0.25, 0.3) is 0 Å². The molecule has 0 bridgehead atoms. The van der Waals surface area contributed by atoms with Gasteiger partial charge < -0.3 is 4.74 Å². The number of rotatable bonds is 6. The maximum Gasteiger partial charge on any atom is 0.275 e. The van der Waals surface area contributed by atoms with E-state index in [1.807, 2.05) is 6.07 Å². The molecule has 0 fully saturated rings. The Kier molecular flexibility index (Phi) is 5.76. The molecule has 0 aliphatic heterocycles. The third-order valence-electron chi connectivity index (χ3n) is 4.45. The molecule has 2 aromatic rings. The van der Waals surface area contributed by atoms with Crippen LogP contribution in [0.5, 0.6) is 5.75 Å². The molecule has 0 saturated heterocycles. The first-order valence-electron chi connectivity index (χ1n) is 8.71. The third kappa shape index (κ3) is 4.64. The van der Waals surface area contributed by atoms with E-state index in [2.05, 4.69) is 10.3 Å². The van der Waals surface area contributed by atoms with Crippen molar-refractivity contribution in [2.45, 2.75) is 43.6 Å². The van der Waals surface area contributed by atoms with Crippen molar-refractivity contribution < 1.29 is 22.3 Å². The summed E-state index contributed by atoms with van der Waals surface area (Å²) in [5.41, 5.74) is 4.30. The van der Waals surface area contributed by atoms with Crippen LogP contribution in [-0.2, 0) is 27.7 Å². The van der Waals surface area contributed by atoms with Crippen molar-refractivity contribution >= 4 is 15.9 Å². The maximum atomic E-state index is 13.6. The maximum absolute atomic E-state index is 13.6. The van der Waals surface area contributed by atoms with Crippen LogP contribution in [-0.4, -0.2) is 20.4 Å². The highest BCUT2D eigenvalue weighted by Crippen LogP contribution is 2.24. The molecule has 0 aromatic heterocycles. The zero-order valence-corrected chi connectivity index (χ0v) is 15.7. The molecule has 27 heavy (non-hydrogen) atoms. The van der Waals surface area contributed by atoms with Crippen LogP contribution in [0.1, 0.15) is 30.9 Å². The van der Waals surface area contributed by atoms with Crippen LogP contribution < -0.4 is 15.0 Å². The van der Waals surface area contributed by atoms with E-state index in [-0.39, 0.29) is 10.6 Å². The lowest BCUT2D eigenvalue weighted by molar-refractivity contribution is -0.127. The average Bonchev–Trinajstić information content (AvgIpc) is 2.67. The van der Waals surface area contributed by atoms with Crippen LogP contribution in [0, 0.1) is 5.82 Å². The van der Waals surface area contributed by atoms with Gasteiger partial charge in [-0.2, -0.15) is 0 Å². The summed E-state index contributed by atoms with van der Waals surface area (Å²) in [5.74, 6) is -1.43. The fraction of sp³-hybridized carbons (Fsp3) is 0.316. The van der Waals surface area contributed by atoms with E-state index < -0.39 is 27.9 Å². The molecule has 0 heterocycles. The number of halogens is 1. The Bertz CT molecular complexity index is 946. The number of ether oxygens (including phenoxy) is 1. The van der Waals surface area contributed by atoms with E-state index in [0.29, 0.717) is 0 Å². The quantitative estimate of drug-likeness (QED) is 0.740. The van der Waals surface area contributed by atoms with E-state index in [1.54, 1.807) is 12.1 Å². The number of nitrogens with one attached hydrogen (secondary N) is 2. The highest BCUT2D eigenvalue weighted by molar-refractivity contribution is 7.89. The van der Waals surface area contributed by atoms with Crippen molar-refractivity contribution in [3.63, 3.8) is 0 Å². The predicted octanol–water partition coefficient (Wildman–Crippen LogP) is 2.48. The zero-order chi connectivity index (χ0) is 19.4. The van der Waals surface area contributed by atoms with Crippen LogP contribution in [0.4, 0.5) is 4.39 Å². The minimum atomic E-state index is -3.91. The minimum Gasteiger partial charge on any atom is -0.478 e. The van der Waals surface area contributed by atoms with E-state index >= 15 is 0 Å².